The highest BCUT2D eigenvalue weighted by Crippen LogP contribution is 2.22. The van der Waals surface area contributed by atoms with Crippen molar-refractivity contribution in [1.29, 1.82) is 0 Å². The number of carboxylic acid groups (broad SMARTS) is 1. The third-order valence-electron chi connectivity index (χ3n) is 2.54. The van der Waals surface area contributed by atoms with E-state index in [9.17, 15) is 13.2 Å². The monoisotopic (exact) mass is 257 g/mol. The van der Waals surface area contributed by atoms with Crippen molar-refractivity contribution in [2.24, 2.45) is 11.7 Å². The quantitative estimate of drug-likeness (QED) is 0.791. The van der Waals surface area contributed by atoms with E-state index in [1.165, 1.54) is 25.7 Å². The van der Waals surface area contributed by atoms with Crippen LogP contribution in [0.4, 0.5) is 13.2 Å². The molecule has 0 bridgehead atoms. The third kappa shape index (κ3) is 7.98. The second kappa shape index (κ2) is 7.50. The molecule has 0 atom stereocenters. The van der Waals surface area contributed by atoms with Crippen LogP contribution < -0.4 is 5.73 Å². The number of halogens is 3. The van der Waals surface area contributed by atoms with Gasteiger partial charge in [0, 0.05) is 19.8 Å². The second-order valence-electron chi connectivity index (χ2n) is 4.04. The van der Waals surface area contributed by atoms with Gasteiger partial charge < -0.3 is 15.6 Å². The van der Waals surface area contributed by atoms with Crippen molar-refractivity contribution in [2.45, 2.75) is 37.9 Å². The molecule has 102 valence electrons. The fourth-order valence-electron chi connectivity index (χ4n) is 1.59. The van der Waals surface area contributed by atoms with Gasteiger partial charge in [-0.25, -0.2) is 4.79 Å². The Morgan fingerprint density at radius 1 is 1.35 bits per heavy atom. The Kier molecular flexibility index (Phi) is 7.13. The number of hydrogen-bond donors (Lipinski definition) is 2. The van der Waals surface area contributed by atoms with E-state index in [1.807, 2.05) is 0 Å². The topological polar surface area (TPSA) is 72.5 Å². The van der Waals surface area contributed by atoms with Gasteiger partial charge in [-0.1, -0.05) is 0 Å². The predicted octanol–water partition coefficient (Wildman–Crippen LogP) is 1.78. The van der Waals surface area contributed by atoms with Crippen LogP contribution in [0, 0.1) is 5.92 Å². The van der Waals surface area contributed by atoms with Gasteiger partial charge in [-0.15, -0.1) is 0 Å². The summed E-state index contributed by atoms with van der Waals surface area (Å²) < 4.78 is 36.8. The maximum absolute atomic E-state index is 10.6. The number of aliphatic carboxylic acids is 1. The molecule has 4 nitrogen and oxygen atoms in total. The van der Waals surface area contributed by atoms with Gasteiger partial charge in [-0.2, -0.15) is 13.2 Å². The first-order chi connectivity index (χ1) is 7.77. The minimum absolute atomic E-state index is 0.466. The molecule has 3 N–H and O–H groups in total. The van der Waals surface area contributed by atoms with E-state index >= 15 is 0 Å². The molecular formula is C10H18F3NO3. The van der Waals surface area contributed by atoms with Crippen molar-refractivity contribution in [3.63, 3.8) is 0 Å². The highest BCUT2D eigenvalue weighted by molar-refractivity contribution is 5.73. The molecular weight excluding hydrogens is 239 g/mol. The van der Waals surface area contributed by atoms with E-state index in [1.54, 1.807) is 7.11 Å². The number of rotatable bonds is 2. The molecule has 0 aromatic rings. The van der Waals surface area contributed by atoms with Gasteiger partial charge in [-0.3, -0.25) is 0 Å². The molecule has 0 radical (unpaired) electrons. The average molecular weight is 257 g/mol. The lowest BCUT2D eigenvalue weighted by atomic mass is 9.87. The molecule has 1 aliphatic rings. The van der Waals surface area contributed by atoms with Gasteiger partial charge >= 0.3 is 12.1 Å². The molecule has 0 saturated heterocycles. The fourth-order valence-corrected chi connectivity index (χ4v) is 1.59. The van der Waals surface area contributed by atoms with E-state index in [4.69, 9.17) is 20.4 Å². The van der Waals surface area contributed by atoms with Crippen LogP contribution in [0.1, 0.15) is 25.7 Å². The third-order valence-corrected chi connectivity index (χ3v) is 2.54. The highest BCUT2D eigenvalue weighted by atomic mass is 19.4. The summed E-state index contributed by atoms with van der Waals surface area (Å²) in [6.07, 6.45) is -0.188. The van der Waals surface area contributed by atoms with Gasteiger partial charge in [0.2, 0.25) is 0 Å². The largest absolute Gasteiger partial charge is 0.490 e. The average Bonchev–Trinajstić information content (AvgIpc) is 2.21. The zero-order valence-electron chi connectivity index (χ0n) is 9.67. The summed E-state index contributed by atoms with van der Waals surface area (Å²) in [5.41, 5.74) is 5.75. The van der Waals surface area contributed by atoms with Crippen molar-refractivity contribution in [3.05, 3.63) is 0 Å². The van der Waals surface area contributed by atoms with Crippen LogP contribution in [-0.2, 0) is 9.53 Å². The number of carbonyl (C=O) groups is 1. The number of hydrogen-bond acceptors (Lipinski definition) is 3. The van der Waals surface area contributed by atoms with Crippen LogP contribution in [0.15, 0.2) is 0 Å². The minimum atomic E-state index is -5.08. The highest BCUT2D eigenvalue weighted by Gasteiger charge is 2.38. The molecule has 0 spiro atoms. The molecule has 0 aliphatic heterocycles. The number of methoxy groups -OCH3 is 1. The van der Waals surface area contributed by atoms with Crippen molar-refractivity contribution in [1.82, 2.24) is 0 Å². The maximum Gasteiger partial charge on any atom is 0.490 e. The standard InChI is InChI=1S/C8H17NO.C2HF3O2/c1-10-6-7-2-4-8(9)5-3-7;3-2(4,5)1(6)7/h7-8H,2-6,9H2,1H3;(H,6,7). The number of carboxylic acids is 1. The van der Waals surface area contributed by atoms with Crippen LogP contribution in [0.5, 0.6) is 0 Å². The molecule has 0 aromatic carbocycles. The van der Waals surface area contributed by atoms with Crippen molar-refractivity contribution in [2.75, 3.05) is 13.7 Å². The van der Waals surface area contributed by atoms with E-state index in [0.717, 1.165) is 12.5 Å². The lowest BCUT2D eigenvalue weighted by Crippen LogP contribution is -2.27. The van der Waals surface area contributed by atoms with Gasteiger partial charge in [0.05, 0.1) is 0 Å². The molecule has 0 amide bonds. The van der Waals surface area contributed by atoms with Crippen LogP contribution in [0.2, 0.25) is 0 Å². The summed E-state index contributed by atoms with van der Waals surface area (Å²) in [5.74, 6) is -1.97. The fraction of sp³-hybridized carbons (Fsp3) is 0.900. The van der Waals surface area contributed by atoms with Crippen molar-refractivity contribution in [3.8, 4) is 0 Å². The normalized spacial score (nSPS) is 24.8. The Bertz CT molecular complexity index is 225. The van der Waals surface area contributed by atoms with Crippen molar-refractivity contribution < 1.29 is 27.8 Å². The maximum atomic E-state index is 10.6. The Morgan fingerprint density at radius 3 is 2.06 bits per heavy atom. The summed E-state index contributed by atoms with van der Waals surface area (Å²) in [4.78, 5) is 8.90. The summed E-state index contributed by atoms with van der Waals surface area (Å²) >= 11 is 0. The van der Waals surface area contributed by atoms with Crippen LogP contribution in [-0.4, -0.2) is 37.0 Å². The lowest BCUT2D eigenvalue weighted by molar-refractivity contribution is -0.192. The first-order valence-electron chi connectivity index (χ1n) is 5.32. The molecule has 7 heteroatoms. The number of ether oxygens (including phenoxy) is 1. The smallest absolute Gasteiger partial charge is 0.475 e. The Morgan fingerprint density at radius 2 is 1.76 bits per heavy atom. The Balaban J connectivity index is 0.000000325. The van der Waals surface area contributed by atoms with E-state index < -0.39 is 12.1 Å². The predicted molar refractivity (Wildman–Crippen MR) is 55.5 cm³/mol. The molecule has 17 heavy (non-hydrogen) atoms. The summed E-state index contributed by atoms with van der Waals surface area (Å²) in [6, 6.07) is 0.466. The lowest BCUT2D eigenvalue weighted by Gasteiger charge is -2.25. The molecule has 0 heterocycles. The van der Waals surface area contributed by atoms with Crippen LogP contribution in [0.25, 0.3) is 0 Å². The molecule has 1 rings (SSSR count). The first kappa shape index (κ1) is 16.2. The van der Waals surface area contributed by atoms with E-state index in [2.05, 4.69) is 0 Å². The molecule has 0 aromatic heterocycles. The summed E-state index contributed by atoms with van der Waals surface area (Å²) in [6.45, 7) is 0.923. The molecule has 1 saturated carbocycles. The molecule has 1 aliphatic carbocycles. The Hall–Kier alpha value is -0.820. The molecule has 0 unspecified atom stereocenters. The van der Waals surface area contributed by atoms with E-state index in [0.29, 0.717) is 6.04 Å². The summed E-state index contributed by atoms with van der Waals surface area (Å²) in [5, 5.41) is 7.12. The van der Waals surface area contributed by atoms with Gasteiger partial charge in [0.1, 0.15) is 0 Å². The zero-order valence-corrected chi connectivity index (χ0v) is 9.67. The Labute approximate surface area is 97.9 Å². The second-order valence-corrected chi connectivity index (χ2v) is 4.04. The van der Waals surface area contributed by atoms with Crippen molar-refractivity contribution >= 4 is 5.97 Å². The number of alkyl halides is 3. The van der Waals surface area contributed by atoms with Crippen LogP contribution in [0.3, 0.4) is 0 Å². The van der Waals surface area contributed by atoms with Gasteiger partial charge in [-0.05, 0) is 31.6 Å². The zero-order chi connectivity index (χ0) is 13.5. The van der Waals surface area contributed by atoms with Gasteiger partial charge in [0.15, 0.2) is 0 Å². The first-order valence-corrected chi connectivity index (χ1v) is 5.32. The van der Waals surface area contributed by atoms with Gasteiger partial charge in [0.25, 0.3) is 0 Å². The number of nitrogens with two attached hydrogens (primary N) is 1. The molecule has 1 fully saturated rings. The van der Waals surface area contributed by atoms with E-state index in [-0.39, 0.29) is 0 Å². The van der Waals surface area contributed by atoms with Crippen LogP contribution >= 0.6 is 0 Å². The SMILES string of the molecule is COCC1CCC(N)CC1.O=C(O)C(F)(F)F. The summed E-state index contributed by atoms with van der Waals surface area (Å²) in [7, 11) is 1.77. The minimum Gasteiger partial charge on any atom is -0.475 e.